The summed E-state index contributed by atoms with van der Waals surface area (Å²) in [4.78, 5) is 1.05. The van der Waals surface area contributed by atoms with Gasteiger partial charge in [0.15, 0.2) is 5.84 Å². The Labute approximate surface area is 105 Å². The normalized spacial score (nSPS) is 11.6. The molecule has 0 aromatic heterocycles. The number of nitrogens with two attached hydrogens (primary N) is 2. The molecule has 0 fully saturated rings. The van der Waals surface area contributed by atoms with Crippen molar-refractivity contribution in [1.29, 1.82) is 0 Å². The minimum Gasteiger partial charge on any atom is -0.395 e. The minimum absolute atomic E-state index is 0.117. The zero-order valence-corrected chi connectivity index (χ0v) is 10.4. The van der Waals surface area contributed by atoms with Crippen molar-refractivity contribution in [2.24, 2.45) is 16.7 Å². The molecule has 0 aliphatic heterocycles. The van der Waals surface area contributed by atoms with Crippen molar-refractivity contribution in [1.82, 2.24) is 10.3 Å². The van der Waals surface area contributed by atoms with Gasteiger partial charge >= 0.3 is 0 Å². The standard InChI is InChI=1S/C10H17N5OS/c1-7-6-8(17-13-4-5-16)2-3-9(7)10(11)14-15-12/h2-3,6,13,15-16H,4-5,12H2,1H3,(H2,11,14). The second-order valence-electron chi connectivity index (χ2n) is 3.32. The second-order valence-corrected chi connectivity index (χ2v) is 4.29. The largest absolute Gasteiger partial charge is 0.395 e. The third-order valence-corrected chi connectivity index (χ3v) is 2.90. The summed E-state index contributed by atoms with van der Waals surface area (Å²) in [6.07, 6.45) is 0. The molecule has 1 rings (SSSR count). The van der Waals surface area contributed by atoms with Gasteiger partial charge < -0.3 is 10.8 Å². The van der Waals surface area contributed by atoms with Crippen LogP contribution in [0.15, 0.2) is 28.2 Å². The summed E-state index contributed by atoms with van der Waals surface area (Å²) in [5.41, 5.74) is 9.75. The Kier molecular flexibility index (Phi) is 5.78. The molecule has 1 aromatic rings. The van der Waals surface area contributed by atoms with E-state index in [9.17, 15) is 0 Å². The number of hydrogen-bond donors (Lipinski definition) is 5. The fourth-order valence-electron chi connectivity index (χ4n) is 1.30. The molecule has 0 saturated carbocycles. The Bertz CT molecular complexity index is 396. The van der Waals surface area contributed by atoms with Crippen LogP contribution in [0.3, 0.4) is 0 Å². The molecule has 1 aromatic carbocycles. The predicted octanol–water partition coefficient (Wildman–Crippen LogP) is -0.332. The number of aliphatic hydroxyl groups is 1. The minimum atomic E-state index is 0.117. The Morgan fingerprint density at radius 1 is 1.53 bits per heavy atom. The number of rotatable bonds is 6. The molecule has 6 nitrogen and oxygen atoms in total. The second kappa shape index (κ2) is 7.13. The molecule has 94 valence electrons. The summed E-state index contributed by atoms with van der Waals surface area (Å²) in [6.45, 7) is 2.61. The first-order valence-electron chi connectivity index (χ1n) is 5.09. The van der Waals surface area contributed by atoms with Crippen LogP contribution >= 0.6 is 11.9 Å². The Morgan fingerprint density at radius 2 is 2.29 bits per heavy atom. The smallest absolute Gasteiger partial charge is 0.152 e. The average Bonchev–Trinajstić information content (AvgIpc) is 2.29. The van der Waals surface area contributed by atoms with Crippen LogP contribution in [0.5, 0.6) is 0 Å². The molecule has 0 saturated heterocycles. The summed E-state index contributed by atoms with van der Waals surface area (Å²) in [5.74, 6) is 5.42. The molecule has 17 heavy (non-hydrogen) atoms. The van der Waals surface area contributed by atoms with Gasteiger partial charge in [0.25, 0.3) is 0 Å². The molecule has 0 heterocycles. The van der Waals surface area contributed by atoms with Gasteiger partial charge in [-0.1, -0.05) is 0 Å². The number of nitrogens with one attached hydrogen (secondary N) is 2. The maximum atomic E-state index is 8.65. The van der Waals surface area contributed by atoms with E-state index in [4.69, 9.17) is 16.7 Å². The topological polar surface area (TPSA) is 109 Å². The van der Waals surface area contributed by atoms with Gasteiger partial charge in [0.05, 0.1) is 6.61 Å². The predicted molar refractivity (Wildman–Crippen MR) is 70.2 cm³/mol. The zero-order chi connectivity index (χ0) is 12.7. The van der Waals surface area contributed by atoms with E-state index in [1.807, 2.05) is 25.1 Å². The van der Waals surface area contributed by atoms with E-state index < -0.39 is 0 Å². The first-order chi connectivity index (χ1) is 8.19. The van der Waals surface area contributed by atoms with Crippen LogP contribution in [-0.2, 0) is 0 Å². The van der Waals surface area contributed by atoms with Gasteiger partial charge in [0.2, 0.25) is 0 Å². The maximum absolute atomic E-state index is 8.65. The van der Waals surface area contributed by atoms with Crippen LogP contribution in [0.2, 0.25) is 0 Å². The highest BCUT2D eigenvalue weighted by atomic mass is 32.2. The SMILES string of the molecule is Cc1cc(SNCCO)ccc1/C(N)=N/NN. The number of hydrazine groups is 1. The molecule has 0 unspecified atom stereocenters. The summed E-state index contributed by atoms with van der Waals surface area (Å²) < 4.78 is 3.03. The molecule has 0 atom stereocenters. The molecule has 0 amide bonds. The van der Waals surface area contributed by atoms with E-state index in [2.05, 4.69) is 15.4 Å². The van der Waals surface area contributed by atoms with E-state index in [0.717, 1.165) is 16.0 Å². The zero-order valence-electron chi connectivity index (χ0n) is 9.60. The molecular weight excluding hydrogens is 238 g/mol. The van der Waals surface area contributed by atoms with Crippen LogP contribution in [0.4, 0.5) is 0 Å². The van der Waals surface area contributed by atoms with Gasteiger partial charge in [-0.25, -0.2) is 11.4 Å². The average molecular weight is 255 g/mol. The maximum Gasteiger partial charge on any atom is 0.152 e. The van der Waals surface area contributed by atoms with Crippen molar-refractivity contribution in [3.63, 3.8) is 0 Å². The lowest BCUT2D eigenvalue weighted by molar-refractivity contribution is 0.302. The van der Waals surface area contributed by atoms with E-state index in [1.165, 1.54) is 11.9 Å². The van der Waals surface area contributed by atoms with Crippen molar-refractivity contribution in [3.8, 4) is 0 Å². The van der Waals surface area contributed by atoms with E-state index >= 15 is 0 Å². The fraction of sp³-hybridized carbons (Fsp3) is 0.300. The lowest BCUT2D eigenvalue weighted by atomic mass is 10.1. The highest BCUT2D eigenvalue weighted by Crippen LogP contribution is 2.18. The van der Waals surface area contributed by atoms with Crippen LogP contribution < -0.4 is 21.8 Å². The van der Waals surface area contributed by atoms with Crippen LogP contribution in [0, 0.1) is 6.92 Å². The molecule has 7 N–H and O–H groups in total. The van der Waals surface area contributed by atoms with Crippen LogP contribution in [-0.4, -0.2) is 24.1 Å². The molecule has 0 aliphatic carbocycles. The quantitative estimate of drug-likeness (QED) is 0.119. The lowest BCUT2D eigenvalue weighted by Crippen LogP contribution is -2.23. The number of hydrogen-bond acceptors (Lipinski definition) is 6. The van der Waals surface area contributed by atoms with Gasteiger partial charge in [-0.3, -0.25) is 4.72 Å². The summed E-state index contributed by atoms with van der Waals surface area (Å²) in [5, 5.41) is 12.4. The number of nitrogens with zero attached hydrogens (tertiary/aromatic N) is 1. The third-order valence-electron chi connectivity index (χ3n) is 2.06. The fourth-order valence-corrected chi connectivity index (χ4v) is 2.03. The first-order valence-corrected chi connectivity index (χ1v) is 5.91. The number of benzene rings is 1. The third kappa shape index (κ3) is 4.23. The van der Waals surface area contributed by atoms with Crippen molar-refractivity contribution in [3.05, 3.63) is 29.3 Å². The summed E-state index contributed by atoms with van der Waals surface area (Å²) in [6, 6.07) is 5.80. The van der Waals surface area contributed by atoms with Gasteiger partial charge in [0, 0.05) is 17.0 Å². The number of amidine groups is 1. The molecule has 0 aliphatic rings. The lowest BCUT2D eigenvalue weighted by Gasteiger charge is -2.08. The van der Waals surface area contributed by atoms with Crippen LogP contribution in [0.25, 0.3) is 0 Å². The molecule has 0 spiro atoms. The van der Waals surface area contributed by atoms with Crippen molar-refractivity contribution >= 4 is 17.8 Å². The number of hydrazone groups is 1. The summed E-state index contributed by atoms with van der Waals surface area (Å²) in [7, 11) is 0. The molecule has 0 radical (unpaired) electrons. The van der Waals surface area contributed by atoms with E-state index in [1.54, 1.807) is 0 Å². The Balaban J connectivity index is 2.75. The van der Waals surface area contributed by atoms with Gasteiger partial charge in [0.1, 0.15) is 0 Å². The monoisotopic (exact) mass is 255 g/mol. The van der Waals surface area contributed by atoms with Gasteiger partial charge in [-0.2, -0.15) is 0 Å². The molecular formula is C10H17N5OS. The number of aliphatic hydroxyl groups excluding tert-OH is 1. The van der Waals surface area contributed by atoms with Crippen LogP contribution in [0.1, 0.15) is 11.1 Å². The van der Waals surface area contributed by atoms with Gasteiger partial charge in [-0.05, 0) is 42.6 Å². The Morgan fingerprint density at radius 3 is 2.88 bits per heavy atom. The van der Waals surface area contributed by atoms with Gasteiger partial charge in [-0.15, -0.1) is 5.10 Å². The highest BCUT2D eigenvalue weighted by molar-refractivity contribution is 7.97. The first kappa shape index (κ1) is 13.8. The van der Waals surface area contributed by atoms with Crippen molar-refractivity contribution in [2.45, 2.75) is 11.8 Å². The molecule has 7 heteroatoms. The molecule has 0 bridgehead atoms. The number of aryl methyl sites for hydroxylation is 1. The highest BCUT2D eigenvalue weighted by Gasteiger charge is 2.04. The van der Waals surface area contributed by atoms with E-state index in [0.29, 0.717) is 12.4 Å². The van der Waals surface area contributed by atoms with Crippen molar-refractivity contribution < 1.29 is 5.11 Å². The van der Waals surface area contributed by atoms with E-state index in [-0.39, 0.29) is 6.61 Å². The van der Waals surface area contributed by atoms with Crippen molar-refractivity contribution in [2.75, 3.05) is 13.2 Å². The summed E-state index contributed by atoms with van der Waals surface area (Å²) >= 11 is 1.46. The Hall–Kier alpha value is -1.28.